The van der Waals surface area contributed by atoms with Crippen LogP contribution in [-0.4, -0.2) is 15.9 Å². The summed E-state index contributed by atoms with van der Waals surface area (Å²) in [7, 11) is 0. The highest BCUT2D eigenvalue weighted by Gasteiger charge is 2.12. The SMILES string of the molecule is Cc1cc(CNC(=O)c2cc(C)nc3ccccc23)c2ccccc2n1. The van der Waals surface area contributed by atoms with Crippen molar-refractivity contribution in [1.82, 2.24) is 15.3 Å². The van der Waals surface area contributed by atoms with E-state index in [9.17, 15) is 4.79 Å². The summed E-state index contributed by atoms with van der Waals surface area (Å²) >= 11 is 0. The molecule has 0 atom stereocenters. The number of nitrogens with one attached hydrogen (secondary N) is 1. The molecule has 4 nitrogen and oxygen atoms in total. The number of hydrogen-bond donors (Lipinski definition) is 1. The molecule has 4 heteroatoms. The molecule has 0 saturated carbocycles. The Hall–Kier alpha value is -3.27. The number of para-hydroxylation sites is 2. The zero-order valence-corrected chi connectivity index (χ0v) is 14.8. The zero-order valence-electron chi connectivity index (χ0n) is 14.8. The van der Waals surface area contributed by atoms with Crippen molar-refractivity contribution in [3.05, 3.63) is 83.2 Å². The summed E-state index contributed by atoms with van der Waals surface area (Å²) in [5, 5.41) is 4.99. The molecule has 0 spiro atoms. The molecule has 0 aliphatic carbocycles. The van der Waals surface area contributed by atoms with Gasteiger partial charge in [0.2, 0.25) is 0 Å². The predicted molar refractivity (Wildman–Crippen MR) is 104 cm³/mol. The lowest BCUT2D eigenvalue weighted by Crippen LogP contribution is -2.23. The van der Waals surface area contributed by atoms with Crippen molar-refractivity contribution in [3.63, 3.8) is 0 Å². The van der Waals surface area contributed by atoms with Crippen LogP contribution < -0.4 is 5.32 Å². The second-order valence-electron chi connectivity index (χ2n) is 6.45. The third-order valence-corrected chi connectivity index (χ3v) is 4.46. The standard InChI is InChI=1S/C22H19N3O/c1-14-11-16(17-7-3-5-9-20(17)24-14)13-23-22(26)19-12-15(2)25-21-10-6-4-8-18(19)21/h3-12H,13H2,1-2H3,(H,23,26). The summed E-state index contributed by atoms with van der Waals surface area (Å²) in [4.78, 5) is 21.9. The van der Waals surface area contributed by atoms with Crippen LogP contribution in [0.3, 0.4) is 0 Å². The maximum atomic E-state index is 12.9. The Morgan fingerprint density at radius 3 is 2.15 bits per heavy atom. The predicted octanol–water partition coefficient (Wildman–Crippen LogP) is 4.33. The minimum absolute atomic E-state index is 0.0924. The van der Waals surface area contributed by atoms with E-state index in [0.717, 1.165) is 38.8 Å². The van der Waals surface area contributed by atoms with Gasteiger partial charge in [-0.2, -0.15) is 0 Å². The van der Waals surface area contributed by atoms with E-state index in [0.29, 0.717) is 12.1 Å². The number of hydrogen-bond acceptors (Lipinski definition) is 3. The van der Waals surface area contributed by atoms with Gasteiger partial charge in [0.15, 0.2) is 0 Å². The number of carbonyl (C=O) groups is 1. The van der Waals surface area contributed by atoms with E-state index >= 15 is 0 Å². The van der Waals surface area contributed by atoms with Gasteiger partial charge in [-0.05, 0) is 43.7 Å². The van der Waals surface area contributed by atoms with Crippen LogP contribution >= 0.6 is 0 Å². The molecule has 4 aromatic rings. The molecule has 0 aliphatic rings. The molecule has 0 fully saturated rings. The Bertz CT molecular complexity index is 1130. The summed E-state index contributed by atoms with van der Waals surface area (Å²) in [5.41, 5.74) is 5.28. The maximum absolute atomic E-state index is 12.9. The van der Waals surface area contributed by atoms with Crippen molar-refractivity contribution in [2.75, 3.05) is 0 Å². The monoisotopic (exact) mass is 341 g/mol. The van der Waals surface area contributed by atoms with Crippen LogP contribution in [-0.2, 0) is 6.54 Å². The first kappa shape index (κ1) is 16.2. The van der Waals surface area contributed by atoms with Crippen LogP contribution in [0, 0.1) is 13.8 Å². The lowest BCUT2D eigenvalue weighted by atomic mass is 10.1. The van der Waals surface area contributed by atoms with Gasteiger partial charge in [0, 0.05) is 28.7 Å². The molecule has 0 unspecified atom stereocenters. The van der Waals surface area contributed by atoms with Crippen LogP contribution in [0.2, 0.25) is 0 Å². The fourth-order valence-electron chi connectivity index (χ4n) is 3.31. The fourth-order valence-corrected chi connectivity index (χ4v) is 3.31. The van der Waals surface area contributed by atoms with Crippen LogP contribution in [0.4, 0.5) is 0 Å². The zero-order chi connectivity index (χ0) is 18.1. The molecule has 2 aromatic carbocycles. The molecule has 0 bridgehead atoms. The summed E-state index contributed by atoms with van der Waals surface area (Å²) in [6, 6.07) is 19.6. The van der Waals surface area contributed by atoms with Gasteiger partial charge in [0.05, 0.1) is 16.6 Å². The largest absolute Gasteiger partial charge is 0.348 e. The number of pyridine rings is 2. The number of aromatic nitrogens is 2. The smallest absolute Gasteiger partial charge is 0.252 e. The molecule has 0 saturated heterocycles. The third-order valence-electron chi connectivity index (χ3n) is 4.46. The van der Waals surface area contributed by atoms with Crippen LogP contribution in [0.5, 0.6) is 0 Å². The van der Waals surface area contributed by atoms with Gasteiger partial charge in [-0.1, -0.05) is 36.4 Å². The number of rotatable bonds is 3. The molecule has 26 heavy (non-hydrogen) atoms. The Labute approximate surface area is 151 Å². The van der Waals surface area contributed by atoms with Crippen molar-refractivity contribution in [1.29, 1.82) is 0 Å². The summed E-state index contributed by atoms with van der Waals surface area (Å²) in [5.74, 6) is -0.0924. The Kier molecular flexibility index (Phi) is 4.09. The normalized spacial score (nSPS) is 11.0. The second-order valence-corrected chi connectivity index (χ2v) is 6.45. The quantitative estimate of drug-likeness (QED) is 0.603. The molecule has 1 N–H and O–H groups in total. The maximum Gasteiger partial charge on any atom is 0.252 e. The van der Waals surface area contributed by atoms with Crippen molar-refractivity contribution >= 4 is 27.7 Å². The number of amides is 1. The van der Waals surface area contributed by atoms with Gasteiger partial charge < -0.3 is 5.32 Å². The number of nitrogens with zero attached hydrogens (tertiary/aromatic N) is 2. The topological polar surface area (TPSA) is 54.9 Å². The lowest BCUT2D eigenvalue weighted by molar-refractivity contribution is 0.0952. The van der Waals surface area contributed by atoms with Crippen molar-refractivity contribution in [2.45, 2.75) is 20.4 Å². The highest BCUT2D eigenvalue weighted by Crippen LogP contribution is 2.20. The average Bonchev–Trinajstić information content (AvgIpc) is 2.65. The van der Waals surface area contributed by atoms with Crippen molar-refractivity contribution < 1.29 is 4.79 Å². The number of carbonyl (C=O) groups excluding carboxylic acids is 1. The highest BCUT2D eigenvalue weighted by atomic mass is 16.1. The molecule has 2 aromatic heterocycles. The fraction of sp³-hybridized carbons (Fsp3) is 0.136. The summed E-state index contributed by atoms with van der Waals surface area (Å²) < 4.78 is 0. The van der Waals surface area contributed by atoms with E-state index in [-0.39, 0.29) is 5.91 Å². The van der Waals surface area contributed by atoms with Crippen LogP contribution in [0.15, 0.2) is 60.7 Å². The molecular weight excluding hydrogens is 322 g/mol. The van der Waals surface area contributed by atoms with E-state index in [1.165, 1.54) is 0 Å². The minimum atomic E-state index is -0.0924. The number of aryl methyl sites for hydroxylation is 2. The first-order chi connectivity index (χ1) is 12.6. The van der Waals surface area contributed by atoms with E-state index in [1.807, 2.05) is 74.5 Å². The molecular formula is C22H19N3O. The molecule has 2 heterocycles. The number of fused-ring (bicyclic) bond motifs is 2. The Balaban J connectivity index is 1.67. The molecule has 0 radical (unpaired) electrons. The molecule has 0 aliphatic heterocycles. The van der Waals surface area contributed by atoms with Gasteiger partial charge in [0.25, 0.3) is 5.91 Å². The average molecular weight is 341 g/mol. The Morgan fingerprint density at radius 1 is 0.846 bits per heavy atom. The van der Waals surface area contributed by atoms with E-state index in [1.54, 1.807) is 0 Å². The van der Waals surface area contributed by atoms with Gasteiger partial charge in [-0.25, -0.2) is 0 Å². The van der Waals surface area contributed by atoms with E-state index in [2.05, 4.69) is 15.3 Å². The summed E-state index contributed by atoms with van der Waals surface area (Å²) in [6.45, 7) is 4.33. The van der Waals surface area contributed by atoms with Crippen LogP contribution in [0.25, 0.3) is 21.8 Å². The molecule has 4 rings (SSSR count). The van der Waals surface area contributed by atoms with E-state index < -0.39 is 0 Å². The van der Waals surface area contributed by atoms with Gasteiger partial charge in [-0.3, -0.25) is 14.8 Å². The second kappa shape index (κ2) is 6.56. The summed E-state index contributed by atoms with van der Waals surface area (Å²) in [6.07, 6.45) is 0. The highest BCUT2D eigenvalue weighted by molar-refractivity contribution is 6.06. The number of benzene rings is 2. The van der Waals surface area contributed by atoms with Gasteiger partial charge >= 0.3 is 0 Å². The van der Waals surface area contributed by atoms with Crippen LogP contribution in [0.1, 0.15) is 27.3 Å². The molecule has 1 amide bonds. The van der Waals surface area contributed by atoms with Crippen molar-refractivity contribution in [2.24, 2.45) is 0 Å². The van der Waals surface area contributed by atoms with Crippen molar-refractivity contribution in [3.8, 4) is 0 Å². The van der Waals surface area contributed by atoms with E-state index in [4.69, 9.17) is 0 Å². The van der Waals surface area contributed by atoms with Gasteiger partial charge in [-0.15, -0.1) is 0 Å². The first-order valence-corrected chi connectivity index (χ1v) is 8.62. The third kappa shape index (κ3) is 3.02. The minimum Gasteiger partial charge on any atom is -0.348 e. The van der Waals surface area contributed by atoms with Gasteiger partial charge in [0.1, 0.15) is 0 Å². The lowest BCUT2D eigenvalue weighted by Gasteiger charge is -2.11. The Morgan fingerprint density at radius 2 is 1.42 bits per heavy atom. The molecule has 128 valence electrons. The first-order valence-electron chi connectivity index (χ1n) is 8.62.